The maximum Gasteiger partial charge on any atom is 0.161 e. The van der Waals surface area contributed by atoms with Gasteiger partial charge in [-0.25, -0.2) is 0 Å². The van der Waals surface area contributed by atoms with E-state index in [1.807, 2.05) is 43.7 Å². The molecular weight excluding hydrogens is 596 g/mol. The average Bonchev–Trinajstić information content (AvgIpc) is 3.76. The van der Waals surface area contributed by atoms with Crippen molar-refractivity contribution in [3.05, 3.63) is 101 Å². The number of aliphatic hydroxyl groups excluding tert-OH is 1. The molecule has 1 saturated carbocycles. The fraction of sp³-hybridized carbons (Fsp3) is 0.395. The van der Waals surface area contributed by atoms with Crippen molar-refractivity contribution in [3.8, 4) is 28.7 Å². The Morgan fingerprint density at radius 3 is 2.23 bits per heavy atom. The molecule has 1 aliphatic rings. The fourth-order valence-electron chi connectivity index (χ4n) is 6.63. The normalized spacial score (nSPS) is 15.3. The Labute approximate surface area is 276 Å². The molecule has 1 aliphatic carbocycles. The van der Waals surface area contributed by atoms with Crippen molar-refractivity contribution < 1.29 is 34.7 Å². The summed E-state index contributed by atoms with van der Waals surface area (Å²) in [6, 6.07) is 17.4. The molecule has 47 heavy (non-hydrogen) atoms. The molecule has 3 atom stereocenters. The second-order valence-corrected chi connectivity index (χ2v) is 12.7. The number of Topliss-reactive ketones (excluding diaryl/α,β-unsaturated/α-hetero) is 1. The standard InChI is InChI=1S/C38H46N2O7/c1-39-22-27-15-28(20-30(41)16-27)32(17-25-8-9-33(42)37(18-25)46-2)36(45)21-35(44)29(14-26-11-12-40-23-26)13-24-7-10-34(43)38(19-24)47-31-5-3-4-6-31/h7-12,15-16,18-20,23,29,31-32,35,39-44H,3-6,13-14,17,21-22H2,1-2H3. The SMILES string of the molecule is CNCc1cc(O)cc(C(Cc2ccc(O)c(OC)c2)C(=O)CC(O)C(Cc2cc[nH]c2)Cc2ccc(O)c(OC3CCCC3)c2)c1. The van der Waals surface area contributed by atoms with Gasteiger partial charge in [0.05, 0.1) is 19.3 Å². The number of carbonyl (C=O) groups is 1. The highest BCUT2D eigenvalue weighted by molar-refractivity contribution is 5.86. The Hall–Kier alpha value is -4.47. The number of H-pyrrole nitrogens is 1. The van der Waals surface area contributed by atoms with Crippen LogP contribution in [0.3, 0.4) is 0 Å². The van der Waals surface area contributed by atoms with Crippen LogP contribution in [0.4, 0.5) is 0 Å². The van der Waals surface area contributed by atoms with Gasteiger partial charge in [-0.15, -0.1) is 0 Å². The predicted octanol–water partition coefficient (Wildman–Crippen LogP) is 5.93. The molecule has 3 aromatic carbocycles. The largest absolute Gasteiger partial charge is 0.508 e. The number of rotatable bonds is 16. The van der Waals surface area contributed by atoms with Crippen LogP contribution in [-0.2, 0) is 30.6 Å². The van der Waals surface area contributed by atoms with Gasteiger partial charge in [0.25, 0.3) is 0 Å². The van der Waals surface area contributed by atoms with E-state index in [4.69, 9.17) is 9.47 Å². The first-order valence-electron chi connectivity index (χ1n) is 16.4. The van der Waals surface area contributed by atoms with Crippen LogP contribution >= 0.6 is 0 Å². The van der Waals surface area contributed by atoms with Gasteiger partial charge in [0, 0.05) is 31.3 Å². The van der Waals surface area contributed by atoms with Gasteiger partial charge in [0.2, 0.25) is 0 Å². The number of ether oxygens (including phenoxy) is 2. The molecule has 9 nitrogen and oxygen atoms in total. The number of benzene rings is 3. The third-order valence-electron chi connectivity index (χ3n) is 9.09. The number of hydrogen-bond acceptors (Lipinski definition) is 8. The summed E-state index contributed by atoms with van der Waals surface area (Å²) in [5.41, 5.74) is 4.17. The highest BCUT2D eigenvalue weighted by Gasteiger charge is 2.29. The van der Waals surface area contributed by atoms with Gasteiger partial charge in [0.1, 0.15) is 11.5 Å². The number of aliphatic hydroxyl groups is 1. The number of nitrogens with one attached hydrogen (secondary N) is 2. The molecular formula is C38H46N2O7. The third kappa shape index (κ3) is 9.08. The molecule has 0 bridgehead atoms. The zero-order valence-corrected chi connectivity index (χ0v) is 27.1. The van der Waals surface area contributed by atoms with Gasteiger partial charge in [-0.2, -0.15) is 0 Å². The van der Waals surface area contributed by atoms with Crippen LogP contribution in [0.5, 0.6) is 28.7 Å². The first-order valence-corrected chi connectivity index (χ1v) is 16.4. The van der Waals surface area contributed by atoms with Crippen molar-refractivity contribution in [1.82, 2.24) is 10.3 Å². The molecule has 3 unspecified atom stereocenters. The minimum atomic E-state index is -0.976. The summed E-state index contributed by atoms with van der Waals surface area (Å²) in [4.78, 5) is 17.3. The highest BCUT2D eigenvalue weighted by atomic mass is 16.5. The minimum Gasteiger partial charge on any atom is -0.508 e. The van der Waals surface area contributed by atoms with E-state index in [0.29, 0.717) is 36.4 Å². The van der Waals surface area contributed by atoms with Crippen LogP contribution in [0.1, 0.15) is 65.8 Å². The summed E-state index contributed by atoms with van der Waals surface area (Å²) >= 11 is 0. The number of aromatic hydroxyl groups is 3. The van der Waals surface area contributed by atoms with E-state index < -0.39 is 12.0 Å². The Balaban J connectivity index is 1.41. The molecule has 0 aliphatic heterocycles. The van der Waals surface area contributed by atoms with E-state index in [1.54, 1.807) is 30.3 Å². The van der Waals surface area contributed by atoms with Gasteiger partial charge < -0.3 is 40.2 Å². The van der Waals surface area contributed by atoms with E-state index in [-0.39, 0.29) is 47.9 Å². The monoisotopic (exact) mass is 642 g/mol. The maximum absolute atomic E-state index is 14.2. The number of phenols is 3. The zero-order valence-electron chi connectivity index (χ0n) is 27.1. The van der Waals surface area contributed by atoms with Crippen molar-refractivity contribution in [3.63, 3.8) is 0 Å². The first kappa shape index (κ1) is 33.9. The molecule has 5 rings (SSSR count). The molecule has 6 N–H and O–H groups in total. The summed E-state index contributed by atoms with van der Waals surface area (Å²) < 4.78 is 11.4. The molecule has 0 saturated heterocycles. The van der Waals surface area contributed by atoms with Gasteiger partial charge >= 0.3 is 0 Å². The number of phenolic OH excluding ortho intramolecular Hbond substituents is 3. The van der Waals surface area contributed by atoms with Gasteiger partial charge in [-0.05, 0) is 128 Å². The smallest absolute Gasteiger partial charge is 0.161 e. The lowest BCUT2D eigenvalue weighted by Crippen LogP contribution is -2.30. The lowest BCUT2D eigenvalue weighted by atomic mass is 9.81. The van der Waals surface area contributed by atoms with Gasteiger partial charge in [-0.1, -0.05) is 18.2 Å². The predicted molar refractivity (Wildman–Crippen MR) is 180 cm³/mol. The Morgan fingerprint density at radius 2 is 1.55 bits per heavy atom. The molecule has 0 amide bonds. The Bertz CT molecular complexity index is 1610. The number of methoxy groups -OCH3 is 1. The van der Waals surface area contributed by atoms with Crippen molar-refractivity contribution in [2.45, 2.75) is 76.0 Å². The molecule has 4 aromatic rings. The number of aromatic nitrogens is 1. The number of hydrogen-bond donors (Lipinski definition) is 6. The highest BCUT2D eigenvalue weighted by Crippen LogP contribution is 2.35. The van der Waals surface area contributed by atoms with Crippen LogP contribution in [0.2, 0.25) is 0 Å². The van der Waals surface area contributed by atoms with Crippen molar-refractivity contribution >= 4 is 5.78 Å². The quantitative estimate of drug-likeness (QED) is 0.0883. The Kier molecular flexibility index (Phi) is 11.5. The van der Waals surface area contributed by atoms with E-state index in [1.165, 1.54) is 13.2 Å². The van der Waals surface area contributed by atoms with E-state index in [2.05, 4.69) is 10.3 Å². The lowest BCUT2D eigenvalue weighted by molar-refractivity contribution is -0.123. The molecule has 1 heterocycles. The summed E-state index contributed by atoms with van der Waals surface area (Å²) in [6.07, 6.45) is 8.20. The van der Waals surface area contributed by atoms with Gasteiger partial charge in [-0.3, -0.25) is 4.79 Å². The Morgan fingerprint density at radius 1 is 0.872 bits per heavy atom. The van der Waals surface area contributed by atoms with Crippen LogP contribution in [0.15, 0.2) is 73.1 Å². The lowest BCUT2D eigenvalue weighted by Gasteiger charge is -2.25. The van der Waals surface area contributed by atoms with Crippen molar-refractivity contribution in [2.75, 3.05) is 14.2 Å². The van der Waals surface area contributed by atoms with Crippen LogP contribution in [-0.4, -0.2) is 57.6 Å². The van der Waals surface area contributed by atoms with E-state index in [0.717, 1.165) is 47.9 Å². The molecule has 1 aromatic heterocycles. The van der Waals surface area contributed by atoms with Gasteiger partial charge in [0.15, 0.2) is 23.0 Å². The number of carbonyl (C=O) groups excluding carboxylic acids is 1. The van der Waals surface area contributed by atoms with Crippen LogP contribution in [0.25, 0.3) is 0 Å². The second kappa shape index (κ2) is 15.9. The average molecular weight is 643 g/mol. The molecule has 1 fully saturated rings. The molecule has 9 heteroatoms. The van der Waals surface area contributed by atoms with E-state index in [9.17, 15) is 25.2 Å². The summed E-state index contributed by atoms with van der Waals surface area (Å²) in [5, 5.41) is 46.1. The van der Waals surface area contributed by atoms with Crippen LogP contribution < -0.4 is 14.8 Å². The number of ketones is 1. The molecule has 0 spiro atoms. The second-order valence-electron chi connectivity index (χ2n) is 12.7. The molecule has 250 valence electrons. The topological polar surface area (TPSA) is 144 Å². The molecule has 0 radical (unpaired) electrons. The first-order chi connectivity index (χ1) is 22.7. The van der Waals surface area contributed by atoms with Crippen molar-refractivity contribution in [2.24, 2.45) is 5.92 Å². The fourth-order valence-corrected chi connectivity index (χ4v) is 6.63. The van der Waals surface area contributed by atoms with Crippen LogP contribution in [0, 0.1) is 5.92 Å². The van der Waals surface area contributed by atoms with E-state index >= 15 is 0 Å². The number of aromatic amines is 1. The van der Waals surface area contributed by atoms with Crippen molar-refractivity contribution in [1.29, 1.82) is 0 Å². The summed E-state index contributed by atoms with van der Waals surface area (Å²) in [6.45, 7) is 0.510. The third-order valence-corrected chi connectivity index (χ3v) is 9.09. The zero-order chi connectivity index (χ0) is 33.3. The summed E-state index contributed by atoms with van der Waals surface area (Å²) in [5.74, 6) is -0.240. The minimum absolute atomic E-state index is 0.00170. The maximum atomic E-state index is 14.2. The summed E-state index contributed by atoms with van der Waals surface area (Å²) in [7, 11) is 3.29.